The van der Waals surface area contributed by atoms with Crippen LogP contribution < -0.4 is 15.2 Å². The van der Waals surface area contributed by atoms with Gasteiger partial charge in [0, 0.05) is 17.7 Å². The number of rotatable bonds is 6. The summed E-state index contributed by atoms with van der Waals surface area (Å²) >= 11 is 0. The van der Waals surface area contributed by atoms with Gasteiger partial charge in [-0.3, -0.25) is 0 Å². The average molecular weight is 424 g/mol. The van der Waals surface area contributed by atoms with Crippen LogP contribution in [0.3, 0.4) is 0 Å². The van der Waals surface area contributed by atoms with Crippen molar-refractivity contribution in [1.29, 1.82) is 0 Å². The van der Waals surface area contributed by atoms with Gasteiger partial charge >= 0.3 is 6.36 Å². The Morgan fingerprint density at radius 1 is 0.931 bits per heavy atom. The third kappa shape index (κ3) is 5.89. The lowest BCUT2D eigenvalue weighted by atomic mass is 9.98. The number of ether oxygens (including phenoxy) is 2. The van der Waals surface area contributed by atoms with Gasteiger partial charge in [0.15, 0.2) is 0 Å². The molecular formula is C22H21ClF3NO2. The van der Waals surface area contributed by atoms with E-state index in [0.717, 1.165) is 11.1 Å². The molecule has 0 radical (unpaired) electrons. The van der Waals surface area contributed by atoms with Gasteiger partial charge in [-0.15, -0.1) is 25.6 Å². The monoisotopic (exact) mass is 423 g/mol. The fraction of sp³-hybridized carbons (Fsp3) is 0.182. The van der Waals surface area contributed by atoms with E-state index in [4.69, 9.17) is 10.5 Å². The van der Waals surface area contributed by atoms with E-state index in [-0.39, 0.29) is 24.7 Å². The standard InChI is InChI=1S/C22H20F3NO2.ClH/c1-15-11-17(19-9-5-6-10-20(19)28-22(23,24)25)12-18(13-26)21(15)27-14-16-7-3-2-4-8-16;/h2-12H,13-14,26H2,1H3;1H. The third-order valence-corrected chi connectivity index (χ3v) is 4.22. The van der Waals surface area contributed by atoms with Crippen molar-refractivity contribution in [3.8, 4) is 22.6 Å². The molecule has 0 atom stereocenters. The lowest BCUT2D eigenvalue weighted by Crippen LogP contribution is -2.17. The highest BCUT2D eigenvalue weighted by atomic mass is 35.5. The summed E-state index contributed by atoms with van der Waals surface area (Å²) in [5.74, 6) is 0.389. The maximum Gasteiger partial charge on any atom is 0.573 e. The second kappa shape index (κ2) is 9.67. The van der Waals surface area contributed by atoms with Gasteiger partial charge in [-0.05, 0) is 41.8 Å². The number of benzene rings is 3. The van der Waals surface area contributed by atoms with Crippen molar-refractivity contribution in [2.45, 2.75) is 26.4 Å². The van der Waals surface area contributed by atoms with E-state index in [1.165, 1.54) is 12.1 Å². The lowest BCUT2D eigenvalue weighted by molar-refractivity contribution is -0.274. The van der Waals surface area contributed by atoms with Gasteiger partial charge in [0.2, 0.25) is 0 Å². The van der Waals surface area contributed by atoms with Gasteiger partial charge in [-0.1, -0.05) is 48.5 Å². The summed E-state index contributed by atoms with van der Waals surface area (Å²) in [7, 11) is 0. The summed E-state index contributed by atoms with van der Waals surface area (Å²) in [5.41, 5.74) is 9.33. The van der Waals surface area contributed by atoms with Gasteiger partial charge in [0.05, 0.1) is 0 Å². The number of halogens is 4. The maximum atomic E-state index is 12.7. The Morgan fingerprint density at radius 2 is 1.59 bits per heavy atom. The Morgan fingerprint density at radius 3 is 2.24 bits per heavy atom. The highest BCUT2D eigenvalue weighted by Gasteiger charge is 2.32. The zero-order valence-electron chi connectivity index (χ0n) is 15.7. The molecule has 29 heavy (non-hydrogen) atoms. The van der Waals surface area contributed by atoms with Crippen LogP contribution in [0.2, 0.25) is 0 Å². The predicted octanol–water partition coefficient (Wildman–Crippen LogP) is 6.02. The van der Waals surface area contributed by atoms with Crippen molar-refractivity contribution in [2.24, 2.45) is 5.73 Å². The van der Waals surface area contributed by atoms with Gasteiger partial charge < -0.3 is 15.2 Å². The van der Waals surface area contributed by atoms with E-state index < -0.39 is 6.36 Å². The van der Waals surface area contributed by atoms with Crippen LogP contribution in [0.15, 0.2) is 66.7 Å². The molecule has 3 aromatic carbocycles. The number of para-hydroxylation sites is 1. The Kier molecular flexibility index (Phi) is 7.53. The molecule has 0 spiro atoms. The Labute approximate surface area is 173 Å². The molecule has 154 valence electrons. The van der Waals surface area contributed by atoms with Gasteiger partial charge in [0.25, 0.3) is 0 Å². The molecule has 3 rings (SSSR count). The summed E-state index contributed by atoms with van der Waals surface area (Å²) in [6, 6.07) is 19.2. The van der Waals surface area contributed by atoms with E-state index in [1.54, 1.807) is 24.3 Å². The first-order valence-corrected chi connectivity index (χ1v) is 8.73. The normalized spacial score (nSPS) is 10.9. The van der Waals surface area contributed by atoms with Crippen LogP contribution in [0.25, 0.3) is 11.1 Å². The SMILES string of the molecule is Cc1cc(-c2ccccc2OC(F)(F)F)cc(CN)c1OCc1ccccc1.Cl. The fourth-order valence-electron chi connectivity index (χ4n) is 3.01. The van der Waals surface area contributed by atoms with Crippen molar-refractivity contribution < 1.29 is 22.6 Å². The third-order valence-electron chi connectivity index (χ3n) is 4.22. The Bertz CT molecular complexity index is 947. The van der Waals surface area contributed by atoms with Gasteiger partial charge in [0.1, 0.15) is 18.1 Å². The summed E-state index contributed by atoms with van der Waals surface area (Å²) in [4.78, 5) is 0. The summed E-state index contributed by atoms with van der Waals surface area (Å²) in [6.45, 7) is 2.42. The molecule has 0 bridgehead atoms. The van der Waals surface area contributed by atoms with E-state index in [2.05, 4.69) is 4.74 Å². The van der Waals surface area contributed by atoms with Crippen molar-refractivity contribution in [3.05, 3.63) is 83.4 Å². The summed E-state index contributed by atoms with van der Waals surface area (Å²) in [5, 5.41) is 0. The second-order valence-corrected chi connectivity index (χ2v) is 6.30. The topological polar surface area (TPSA) is 44.5 Å². The number of nitrogens with two attached hydrogens (primary N) is 1. The first-order valence-electron chi connectivity index (χ1n) is 8.73. The first kappa shape index (κ1) is 22.6. The fourth-order valence-corrected chi connectivity index (χ4v) is 3.01. The number of hydrogen-bond acceptors (Lipinski definition) is 3. The molecule has 2 N–H and O–H groups in total. The second-order valence-electron chi connectivity index (χ2n) is 6.30. The molecule has 0 aliphatic heterocycles. The zero-order chi connectivity index (χ0) is 20.1. The molecule has 7 heteroatoms. The van der Waals surface area contributed by atoms with Crippen LogP contribution in [-0.4, -0.2) is 6.36 Å². The minimum atomic E-state index is -4.76. The number of alkyl halides is 3. The van der Waals surface area contributed by atoms with Crippen molar-refractivity contribution >= 4 is 12.4 Å². The molecule has 0 saturated carbocycles. The van der Waals surface area contributed by atoms with Crippen molar-refractivity contribution in [2.75, 3.05) is 0 Å². The van der Waals surface area contributed by atoms with Crippen molar-refractivity contribution in [1.82, 2.24) is 0 Å². The average Bonchev–Trinajstić information content (AvgIpc) is 2.66. The largest absolute Gasteiger partial charge is 0.573 e. The van der Waals surface area contributed by atoms with Crippen LogP contribution in [0.5, 0.6) is 11.5 Å². The van der Waals surface area contributed by atoms with Crippen LogP contribution >= 0.6 is 12.4 Å². The van der Waals surface area contributed by atoms with Crippen LogP contribution in [-0.2, 0) is 13.2 Å². The minimum absolute atomic E-state index is 0. The summed E-state index contributed by atoms with van der Waals surface area (Å²) < 4.78 is 48.3. The molecule has 0 saturated heterocycles. The van der Waals surface area contributed by atoms with Gasteiger partial charge in [-0.2, -0.15) is 0 Å². The van der Waals surface area contributed by atoms with E-state index in [1.807, 2.05) is 37.3 Å². The van der Waals surface area contributed by atoms with Crippen LogP contribution in [0, 0.1) is 6.92 Å². The number of aryl methyl sites for hydroxylation is 1. The maximum absolute atomic E-state index is 12.7. The predicted molar refractivity (Wildman–Crippen MR) is 109 cm³/mol. The summed E-state index contributed by atoms with van der Waals surface area (Å²) in [6.07, 6.45) is -4.76. The van der Waals surface area contributed by atoms with Crippen LogP contribution in [0.1, 0.15) is 16.7 Å². The molecule has 0 aromatic heterocycles. The quantitative estimate of drug-likeness (QED) is 0.527. The highest BCUT2D eigenvalue weighted by molar-refractivity contribution is 5.85. The van der Waals surface area contributed by atoms with E-state index in [9.17, 15) is 13.2 Å². The first-order chi connectivity index (χ1) is 13.4. The molecule has 3 nitrogen and oxygen atoms in total. The van der Waals surface area contributed by atoms with E-state index in [0.29, 0.717) is 29.0 Å². The molecule has 0 aliphatic carbocycles. The van der Waals surface area contributed by atoms with Crippen molar-refractivity contribution in [3.63, 3.8) is 0 Å². The van der Waals surface area contributed by atoms with E-state index >= 15 is 0 Å². The molecule has 3 aromatic rings. The minimum Gasteiger partial charge on any atom is -0.488 e. The molecule has 0 unspecified atom stereocenters. The molecule has 0 amide bonds. The zero-order valence-corrected chi connectivity index (χ0v) is 16.5. The molecule has 0 heterocycles. The van der Waals surface area contributed by atoms with Crippen LogP contribution in [0.4, 0.5) is 13.2 Å². The smallest absolute Gasteiger partial charge is 0.488 e. The Balaban J connectivity index is 0.00000300. The highest BCUT2D eigenvalue weighted by Crippen LogP contribution is 2.37. The molecule has 0 fully saturated rings. The molecule has 0 aliphatic rings. The molecular weight excluding hydrogens is 403 g/mol. The van der Waals surface area contributed by atoms with Gasteiger partial charge in [-0.25, -0.2) is 0 Å². The lowest BCUT2D eigenvalue weighted by Gasteiger charge is -2.18. The number of hydrogen-bond donors (Lipinski definition) is 1. The Hall–Kier alpha value is -2.70.